The van der Waals surface area contributed by atoms with Gasteiger partial charge in [0.05, 0.1) is 5.56 Å². The van der Waals surface area contributed by atoms with E-state index in [2.05, 4.69) is 12.2 Å². The third-order valence-electron chi connectivity index (χ3n) is 4.12. The maximum absolute atomic E-state index is 12.6. The highest BCUT2D eigenvalue weighted by atomic mass is 32.1. The Morgan fingerprint density at radius 2 is 1.90 bits per heavy atom. The van der Waals surface area contributed by atoms with Crippen LogP contribution < -0.4 is 5.32 Å². The molecule has 0 saturated heterocycles. The van der Waals surface area contributed by atoms with Crippen molar-refractivity contribution in [2.75, 3.05) is 0 Å². The van der Waals surface area contributed by atoms with Gasteiger partial charge in [-0.25, -0.2) is 0 Å². The van der Waals surface area contributed by atoms with E-state index in [1.54, 1.807) is 11.3 Å². The molecular weight excluding hydrogens is 268 g/mol. The van der Waals surface area contributed by atoms with Crippen molar-refractivity contribution >= 4 is 17.2 Å². The van der Waals surface area contributed by atoms with E-state index in [1.165, 1.54) is 17.7 Å². The molecule has 0 aliphatic heterocycles. The van der Waals surface area contributed by atoms with E-state index in [-0.39, 0.29) is 5.91 Å². The van der Waals surface area contributed by atoms with Crippen LogP contribution >= 0.6 is 11.3 Å². The molecule has 20 heavy (non-hydrogen) atoms. The van der Waals surface area contributed by atoms with Gasteiger partial charge in [0.15, 0.2) is 0 Å². The highest BCUT2D eigenvalue weighted by Crippen LogP contribution is 2.31. The van der Waals surface area contributed by atoms with Gasteiger partial charge >= 0.3 is 0 Å². The van der Waals surface area contributed by atoms with E-state index in [4.69, 9.17) is 0 Å². The molecule has 2 aromatic rings. The Balaban J connectivity index is 1.93. The van der Waals surface area contributed by atoms with Crippen LogP contribution in [0, 0.1) is 13.8 Å². The molecule has 3 rings (SSSR count). The molecule has 1 saturated carbocycles. The van der Waals surface area contributed by atoms with Crippen LogP contribution in [0.3, 0.4) is 0 Å². The Labute approximate surface area is 123 Å². The number of nitrogens with one attached hydrogen (secondary N) is 1. The summed E-state index contributed by atoms with van der Waals surface area (Å²) in [5.41, 5.74) is 1.95. The van der Waals surface area contributed by atoms with Gasteiger partial charge in [-0.2, -0.15) is 0 Å². The summed E-state index contributed by atoms with van der Waals surface area (Å²) >= 11 is 1.69. The molecule has 4 heteroatoms. The minimum atomic E-state index is 0.0856. The van der Waals surface area contributed by atoms with Crippen LogP contribution in [0.1, 0.15) is 46.5 Å². The minimum Gasteiger partial charge on any atom is -0.349 e. The molecule has 0 atom stereocenters. The molecule has 1 aliphatic rings. The Kier molecular flexibility index (Phi) is 3.66. The SMILES string of the molecule is Cc1sc(-n2cccc2)c(C(=O)NC2CCCC2)c1C. The smallest absolute Gasteiger partial charge is 0.254 e. The maximum atomic E-state index is 12.6. The van der Waals surface area contributed by atoms with Crippen LogP contribution in [0.15, 0.2) is 24.5 Å². The summed E-state index contributed by atoms with van der Waals surface area (Å²) in [7, 11) is 0. The molecule has 1 amide bonds. The summed E-state index contributed by atoms with van der Waals surface area (Å²) in [6.45, 7) is 4.13. The molecule has 0 unspecified atom stereocenters. The Morgan fingerprint density at radius 3 is 2.55 bits per heavy atom. The van der Waals surface area contributed by atoms with Gasteiger partial charge in [0.25, 0.3) is 5.91 Å². The van der Waals surface area contributed by atoms with Crippen molar-refractivity contribution in [2.45, 2.75) is 45.6 Å². The Morgan fingerprint density at radius 1 is 1.25 bits per heavy atom. The Hall–Kier alpha value is -1.55. The van der Waals surface area contributed by atoms with Crippen LogP contribution in [0.2, 0.25) is 0 Å². The van der Waals surface area contributed by atoms with Crippen LogP contribution in [0.4, 0.5) is 0 Å². The third-order valence-corrected chi connectivity index (χ3v) is 5.34. The monoisotopic (exact) mass is 288 g/mol. The van der Waals surface area contributed by atoms with Gasteiger partial charge in [-0.05, 0) is 44.4 Å². The van der Waals surface area contributed by atoms with Crippen molar-refractivity contribution in [1.82, 2.24) is 9.88 Å². The quantitative estimate of drug-likeness (QED) is 0.915. The normalized spacial score (nSPS) is 15.7. The molecule has 2 heterocycles. The zero-order valence-corrected chi connectivity index (χ0v) is 12.8. The summed E-state index contributed by atoms with van der Waals surface area (Å²) in [5, 5.41) is 4.23. The lowest BCUT2D eigenvalue weighted by atomic mass is 10.1. The van der Waals surface area contributed by atoms with Crippen LogP contribution in [0.5, 0.6) is 0 Å². The fraction of sp³-hybridized carbons (Fsp3) is 0.438. The van der Waals surface area contributed by atoms with Crippen molar-refractivity contribution in [1.29, 1.82) is 0 Å². The second kappa shape index (κ2) is 5.44. The molecule has 106 valence electrons. The third kappa shape index (κ3) is 2.40. The predicted octanol–water partition coefficient (Wildman–Crippen LogP) is 3.83. The number of thiophene rings is 1. The van der Waals surface area contributed by atoms with Gasteiger partial charge in [-0.1, -0.05) is 12.8 Å². The first-order chi connectivity index (χ1) is 9.66. The molecule has 0 aromatic carbocycles. The fourth-order valence-corrected chi connectivity index (χ4v) is 3.98. The lowest BCUT2D eigenvalue weighted by Gasteiger charge is -2.13. The average molecular weight is 288 g/mol. The van der Waals surface area contributed by atoms with E-state index >= 15 is 0 Å². The van der Waals surface area contributed by atoms with Crippen LogP contribution in [0.25, 0.3) is 5.00 Å². The Bertz CT molecular complexity index is 607. The maximum Gasteiger partial charge on any atom is 0.254 e. The summed E-state index contributed by atoms with van der Waals surface area (Å²) in [6, 6.07) is 4.34. The summed E-state index contributed by atoms with van der Waals surface area (Å²) in [4.78, 5) is 13.8. The van der Waals surface area contributed by atoms with Crippen molar-refractivity contribution < 1.29 is 4.79 Å². The molecule has 1 aliphatic carbocycles. The van der Waals surface area contributed by atoms with Crippen molar-refractivity contribution in [3.8, 4) is 5.00 Å². The van der Waals surface area contributed by atoms with Gasteiger partial charge in [0, 0.05) is 23.3 Å². The highest BCUT2D eigenvalue weighted by Gasteiger charge is 2.24. The number of aromatic nitrogens is 1. The fourth-order valence-electron chi connectivity index (χ4n) is 2.86. The van der Waals surface area contributed by atoms with E-state index in [0.29, 0.717) is 6.04 Å². The summed E-state index contributed by atoms with van der Waals surface area (Å²) in [6.07, 6.45) is 8.70. The lowest BCUT2D eigenvalue weighted by molar-refractivity contribution is 0.0937. The van der Waals surface area contributed by atoms with Crippen molar-refractivity contribution in [3.63, 3.8) is 0 Å². The standard InChI is InChI=1S/C16H20N2OS/c1-11-12(2)20-16(18-9-5-6-10-18)14(11)15(19)17-13-7-3-4-8-13/h5-6,9-10,13H,3-4,7-8H2,1-2H3,(H,17,19). The molecule has 0 radical (unpaired) electrons. The second-order valence-electron chi connectivity index (χ2n) is 5.51. The van der Waals surface area contributed by atoms with Gasteiger partial charge in [0.1, 0.15) is 5.00 Å². The average Bonchev–Trinajstić information content (AvgIpc) is 3.12. The molecule has 2 aromatic heterocycles. The first kappa shape index (κ1) is 13.4. The van der Waals surface area contributed by atoms with E-state index in [9.17, 15) is 4.79 Å². The molecule has 3 nitrogen and oxygen atoms in total. The summed E-state index contributed by atoms with van der Waals surface area (Å²) in [5.74, 6) is 0.0856. The first-order valence-corrected chi connectivity index (χ1v) is 8.02. The number of nitrogens with zero attached hydrogens (tertiary/aromatic N) is 1. The second-order valence-corrected chi connectivity index (χ2v) is 6.71. The number of rotatable bonds is 3. The first-order valence-electron chi connectivity index (χ1n) is 7.21. The molecule has 1 N–H and O–H groups in total. The number of carbonyl (C=O) groups excluding carboxylic acids is 1. The van der Waals surface area contributed by atoms with E-state index in [0.717, 1.165) is 29.0 Å². The predicted molar refractivity (Wildman–Crippen MR) is 82.8 cm³/mol. The van der Waals surface area contributed by atoms with Gasteiger partial charge in [0.2, 0.25) is 0 Å². The molecule has 1 fully saturated rings. The van der Waals surface area contributed by atoms with Crippen molar-refractivity contribution in [3.05, 3.63) is 40.5 Å². The van der Waals surface area contributed by atoms with Gasteiger partial charge in [-0.3, -0.25) is 4.79 Å². The van der Waals surface area contributed by atoms with E-state index < -0.39 is 0 Å². The number of carbonyl (C=O) groups is 1. The largest absolute Gasteiger partial charge is 0.349 e. The van der Waals surface area contributed by atoms with Gasteiger partial charge in [-0.15, -0.1) is 11.3 Å². The minimum absolute atomic E-state index is 0.0856. The highest BCUT2D eigenvalue weighted by molar-refractivity contribution is 7.15. The zero-order chi connectivity index (χ0) is 14.1. The number of amides is 1. The van der Waals surface area contributed by atoms with Crippen molar-refractivity contribution in [2.24, 2.45) is 0 Å². The number of aryl methyl sites for hydroxylation is 1. The number of hydrogen-bond acceptors (Lipinski definition) is 2. The molecule has 0 spiro atoms. The van der Waals surface area contributed by atoms with Crippen LogP contribution in [-0.2, 0) is 0 Å². The topological polar surface area (TPSA) is 34.0 Å². The summed E-state index contributed by atoms with van der Waals surface area (Å²) < 4.78 is 2.04. The molecule has 0 bridgehead atoms. The van der Waals surface area contributed by atoms with Gasteiger partial charge < -0.3 is 9.88 Å². The van der Waals surface area contributed by atoms with Crippen LogP contribution in [-0.4, -0.2) is 16.5 Å². The lowest BCUT2D eigenvalue weighted by Crippen LogP contribution is -2.33. The van der Waals surface area contributed by atoms with E-state index in [1.807, 2.05) is 36.0 Å². The number of hydrogen-bond donors (Lipinski definition) is 1. The molecular formula is C16H20N2OS. The zero-order valence-electron chi connectivity index (χ0n) is 12.0.